The first-order valence-electron chi connectivity index (χ1n) is 14.4. The number of benzene rings is 2. The summed E-state index contributed by atoms with van der Waals surface area (Å²) in [6, 6.07) is 18.6. The maximum absolute atomic E-state index is 13.7. The Morgan fingerprint density at radius 1 is 0.947 bits per heavy atom. The van der Waals surface area contributed by atoms with Crippen LogP contribution in [0.25, 0.3) is 0 Å². The van der Waals surface area contributed by atoms with E-state index < -0.39 is 9.84 Å². The van der Waals surface area contributed by atoms with Crippen LogP contribution >= 0.6 is 0 Å². The Bertz CT molecular complexity index is 1230. The predicted molar refractivity (Wildman–Crippen MR) is 149 cm³/mol. The molecule has 6 nitrogen and oxygen atoms in total. The molecular formula is C31H41N3O3S. The minimum absolute atomic E-state index is 0.222. The number of piperidine rings is 1. The Kier molecular flexibility index (Phi) is 7.12. The lowest BCUT2D eigenvalue weighted by molar-refractivity contribution is -0.139. The van der Waals surface area contributed by atoms with Crippen LogP contribution in [0.1, 0.15) is 55.6 Å². The average molecular weight is 536 g/mol. The summed E-state index contributed by atoms with van der Waals surface area (Å²) >= 11 is 0. The van der Waals surface area contributed by atoms with E-state index in [9.17, 15) is 13.2 Å². The molecule has 0 aromatic heterocycles. The highest BCUT2D eigenvalue weighted by molar-refractivity contribution is 7.90. The summed E-state index contributed by atoms with van der Waals surface area (Å²) < 4.78 is 23.6. The molecule has 6 rings (SSSR count). The second-order valence-corrected chi connectivity index (χ2v) is 14.3. The van der Waals surface area contributed by atoms with Crippen LogP contribution in [0, 0.1) is 17.3 Å². The molecule has 1 amide bonds. The number of carbonyl (C=O) groups excluding carboxylic acids is 1. The van der Waals surface area contributed by atoms with Gasteiger partial charge in [0.2, 0.25) is 5.91 Å². The highest BCUT2D eigenvalue weighted by Crippen LogP contribution is 2.46. The number of likely N-dealkylation sites (tertiary alicyclic amines) is 2. The van der Waals surface area contributed by atoms with Crippen LogP contribution in [0.3, 0.4) is 0 Å². The van der Waals surface area contributed by atoms with E-state index in [0.29, 0.717) is 35.2 Å². The van der Waals surface area contributed by atoms with E-state index in [2.05, 4.69) is 40.5 Å². The lowest BCUT2D eigenvalue weighted by Gasteiger charge is -2.44. The average Bonchev–Trinajstić information content (AvgIpc) is 3.54. The van der Waals surface area contributed by atoms with Gasteiger partial charge in [-0.05, 0) is 73.9 Å². The number of nitrogens with one attached hydrogen (secondary N) is 1. The Morgan fingerprint density at radius 2 is 1.63 bits per heavy atom. The number of sulfone groups is 1. The standard InChI is InChI=1S/C31H41N3O3S/c1-38(36,37)26-11-9-24(10-12-26)22-34-18-15-31(30(34)35)13-16-33(17-14-31)29(19-23-7-8-23)28-21-32-20-27(28)25-5-3-2-4-6-25/h2-6,9-12,23,27-29,32H,7-8,13-22H2,1H3/t27-,28-,29?/m1/s1. The summed E-state index contributed by atoms with van der Waals surface area (Å²) in [5, 5.41) is 3.71. The third-order valence-electron chi connectivity index (χ3n) is 9.81. The molecule has 2 aromatic rings. The van der Waals surface area contributed by atoms with E-state index in [4.69, 9.17) is 0 Å². The molecule has 3 saturated heterocycles. The van der Waals surface area contributed by atoms with Crippen molar-refractivity contribution in [1.82, 2.24) is 15.1 Å². The normalized spacial score (nSPS) is 26.8. The molecule has 0 bridgehead atoms. The van der Waals surface area contributed by atoms with Gasteiger partial charge in [-0.1, -0.05) is 55.3 Å². The first-order valence-corrected chi connectivity index (χ1v) is 16.3. The lowest BCUT2D eigenvalue weighted by atomic mass is 9.75. The third kappa shape index (κ3) is 5.30. The van der Waals surface area contributed by atoms with Crippen molar-refractivity contribution in [2.75, 3.05) is 39.0 Å². The highest BCUT2D eigenvalue weighted by Gasteiger charge is 2.50. The SMILES string of the molecule is CS(=O)(=O)c1ccc(CN2CCC3(CCN(C(CC4CC4)[C@@H]4CNC[C@@H]4c4ccccc4)CC3)C2=O)cc1. The van der Waals surface area contributed by atoms with Crippen molar-refractivity contribution in [3.63, 3.8) is 0 Å². The molecule has 1 spiro atoms. The predicted octanol–water partition coefficient (Wildman–Crippen LogP) is 4.08. The van der Waals surface area contributed by atoms with Crippen molar-refractivity contribution in [1.29, 1.82) is 0 Å². The van der Waals surface area contributed by atoms with Gasteiger partial charge in [0.15, 0.2) is 9.84 Å². The summed E-state index contributed by atoms with van der Waals surface area (Å²) in [6.45, 7) is 5.53. The van der Waals surface area contributed by atoms with Crippen LogP contribution in [-0.4, -0.2) is 69.1 Å². The van der Waals surface area contributed by atoms with Gasteiger partial charge in [0.05, 0.1) is 10.3 Å². The molecule has 2 aromatic carbocycles. The summed E-state index contributed by atoms with van der Waals surface area (Å²) in [6.07, 6.45) is 8.12. The van der Waals surface area contributed by atoms with Crippen molar-refractivity contribution in [2.24, 2.45) is 17.3 Å². The fourth-order valence-electron chi connectivity index (χ4n) is 7.31. The lowest BCUT2D eigenvalue weighted by Crippen LogP contribution is -2.51. The third-order valence-corrected chi connectivity index (χ3v) is 10.9. The maximum atomic E-state index is 13.7. The van der Waals surface area contributed by atoms with Crippen LogP contribution in [0.5, 0.6) is 0 Å². The molecule has 0 radical (unpaired) electrons. The number of nitrogens with zero attached hydrogens (tertiary/aromatic N) is 2. The quantitative estimate of drug-likeness (QED) is 0.552. The van der Waals surface area contributed by atoms with Gasteiger partial charge in [-0.25, -0.2) is 8.42 Å². The van der Waals surface area contributed by atoms with E-state index in [1.165, 1.54) is 31.1 Å². The topological polar surface area (TPSA) is 69.7 Å². The van der Waals surface area contributed by atoms with Gasteiger partial charge in [-0.15, -0.1) is 0 Å². The zero-order chi connectivity index (χ0) is 26.3. The molecule has 1 aliphatic carbocycles. The fraction of sp³-hybridized carbons (Fsp3) is 0.581. The van der Waals surface area contributed by atoms with Crippen LogP contribution in [0.4, 0.5) is 0 Å². The van der Waals surface area contributed by atoms with Gasteiger partial charge in [0.1, 0.15) is 0 Å². The minimum atomic E-state index is -3.21. The van der Waals surface area contributed by atoms with Gasteiger partial charge < -0.3 is 10.2 Å². The molecule has 3 atom stereocenters. The molecule has 1 unspecified atom stereocenters. The first-order chi connectivity index (χ1) is 18.3. The highest BCUT2D eigenvalue weighted by atomic mass is 32.2. The van der Waals surface area contributed by atoms with Gasteiger partial charge in [0.25, 0.3) is 0 Å². The fourth-order valence-corrected chi connectivity index (χ4v) is 7.94. The van der Waals surface area contributed by atoms with E-state index in [1.807, 2.05) is 17.0 Å². The number of carbonyl (C=O) groups is 1. The number of hydrogen-bond donors (Lipinski definition) is 1. The maximum Gasteiger partial charge on any atom is 0.229 e. The van der Waals surface area contributed by atoms with Gasteiger partial charge in [0, 0.05) is 44.4 Å². The first kappa shape index (κ1) is 26.0. The van der Waals surface area contributed by atoms with E-state index in [1.54, 1.807) is 12.1 Å². The van der Waals surface area contributed by atoms with Crippen molar-refractivity contribution < 1.29 is 13.2 Å². The molecule has 4 fully saturated rings. The second kappa shape index (κ2) is 10.4. The van der Waals surface area contributed by atoms with Crippen molar-refractivity contribution >= 4 is 15.7 Å². The van der Waals surface area contributed by atoms with Crippen LogP contribution in [0.15, 0.2) is 59.5 Å². The molecule has 7 heteroatoms. The Balaban J connectivity index is 1.11. The molecule has 3 heterocycles. The summed E-state index contributed by atoms with van der Waals surface area (Å²) in [7, 11) is -3.21. The summed E-state index contributed by atoms with van der Waals surface area (Å²) in [5.41, 5.74) is 2.23. The van der Waals surface area contributed by atoms with Gasteiger partial charge >= 0.3 is 0 Å². The Hall–Kier alpha value is -2.22. The number of hydrogen-bond acceptors (Lipinski definition) is 5. The Morgan fingerprint density at radius 3 is 2.29 bits per heavy atom. The van der Waals surface area contributed by atoms with E-state index in [-0.39, 0.29) is 5.41 Å². The van der Waals surface area contributed by atoms with Crippen molar-refractivity contribution in [3.8, 4) is 0 Å². The number of amides is 1. The molecular weight excluding hydrogens is 494 g/mol. The largest absolute Gasteiger partial charge is 0.338 e. The van der Waals surface area contributed by atoms with Crippen LogP contribution < -0.4 is 5.32 Å². The van der Waals surface area contributed by atoms with Crippen LogP contribution in [-0.2, 0) is 21.2 Å². The zero-order valence-electron chi connectivity index (χ0n) is 22.5. The molecule has 3 aliphatic heterocycles. The molecule has 1 saturated carbocycles. The number of rotatable bonds is 8. The second-order valence-electron chi connectivity index (χ2n) is 12.3. The summed E-state index contributed by atoms with van der Waals surface area (Å²) in [5.74, 6) is 2.37. The van der Waals surface area contributed by atoms with Crippen molar-refractivity contribution in [3.05, 3.63) is 65.7 Å². The molecule has 1 N–H and O–H groups in total. The van der Waals surface area contributed by atoms with Crippen molar-refractivity contribution in [2.45, 2.75) is 61.9 Å². The van der Waals surface area contributed by atoms with E-state index in [0.717, 1.165) is 63.5 Å². The van der Waals surface area contributed by atoms with Gasteiger partial charge in [-0.2, -0.15) is 0 Å². The van der Waals surface area contributed by atoms with Gasteiger partial charge in [-0.3, -0.25) is 9.69 Å². The molecule has 204 valence electrons. The van der Waals surface area contributed by atoms with Crippen LogP contribution in [0.2, 0.25) is 0 Å². The smallest absolute Gasteiger partial charge is 0.229 e. The summed E-state index contributed by atoms with van der Waals surface area (Å²) in [4.78, 5) is 18.7. The van der Waals surface area contributed by atoms with E-state index >= 15 is 0 Å². The zero-order valence-corrected chi connectivity index (χ0v) is 23.3. The monoisotopic (exact) mass is 535 g/mol. The Labute approximate surface area is 227 Å². The molecule has 38 heavy (non-hydrogen) atoms. The minimum Gasteiger partial charge on any atom is -0.338 e. The molecule has 4 aliphatic rings.